The summed E-state index contributed by atoms with van der Waals surface area (Å²) in [6, 6.07) is 11.5. The molecule has 2 aromatic carbocycles. The van der Waals surface area contributed by atoms with Crippen LogP contribution in [0.5, 0.6) is 5.75 Å². The predicted molar refractivity (Wildman–Crippen MR) is 82.5 cm³/mol. The SMILES string of the molecule is CCOc1cccc2c1CCc1c(cccc1C(=O)O)S2. The number of rotatable bonds is 3. The van der Waals surface area contributed by atoms with E-state index in [4.69, 9.17) is 4.74 Å². The van der Waals surface area contributed by atoms with Crippen LogP contribution in [0.1, 0.15) is 28.4 Å². The third kappa shape index (κ3) is 2.63. The van der Waals surface area contributed by atoms with E-state index in [1.807, 2.05) is 31.2 Å². The highest BCUT2D eigenvalue weighted by Crippen LogP contribution is 2.41. The highest BCUT2D eigenvalue weighted by atomic mass is 32.2. The van der Waals surface area contributed by atoms with E-state index in [0.717, 1.165) is 33.9 Å². The molecule has 4 heteroatoms. The zero-order chi connectivity index (χ0) is 14.8. The van der Waals surface area contributed by atoms with Crippen LogP contribution in [-0.4, -0.2) is 17.7 Å². The Balaban J connectivity index is 2.07. The molecule has 0 atom stereocenters. The maximum absolute atomic E-state index is 11.4. The standard InChI is InChI=1S/C17H16O3S/c1-2-20-14-6-4-8-16-13(14)10-9-11-12(17(18)19)5-3-7-15(11)21-16/h3-8H,2,9-10H2,1H3,(H,18,19). The average Bonchev–Trinajstić information content (AvgIpc) is 2.66. The molecule has 0 saturated carbocycles. The van der Waals surface area contributed by atoms with Crippen LogP contribution in [0.4, 0.5) is 0 Å². The predicted octanol–water partition coefficient (Wildman–Crippen LogP) is 4.03. The number of aromatic carboxylic acids is 1. The van der Waals surface area contributed by atoms with Crippen molar-refractivity contribution in [2.24, 2.45) is 0 Å². The minimum atomic E-state index is -0.858. The zero-order valence-electron chi connectivity index (χ0n) is 11.8. The summed E-state index contributed by atoms with van der Waals surface area (Å²) in [5.41, 5.74) is 2.51. The van der Waals surface area contributed by atoms with E-state index < -0.39 is 5.97 Å². The summed E-state index contributed by atoms with van der Waals surface area (Å²) in [5.74, 6) is 0.0515. The van der Waals surface area contributed by atoms with E-state index in [0.29, 0.717) is 12.2 Å². The van der Waals surface area contributed by atoms with Crippen LogP contribution in [0.25, 0.3) is 0 Å². The number of carboxylic acid groups (broad SMARTS) is 1. The first-order chi connectivity index (χ1) is 10.2. The first kappa shape index (κ1) is 14.0. The Hall–Kier alpha value is -1.94. The lowest BCUT2D eigenvalue weighted by molar-refractivity contribution is 0.0695. The molecular weight excluding hydrogens is 284 g/mol. The van der Waals surface area contributed by atoms with Gasteiger partial charge in [-0.05, 0) is 49.6 Å². The van der Waals surface area contributed by atoms with Gasteiger partial charge in [0, 0.05) is 15.4 Å². The Labute approximate surface area is 127 Å². The zero-order valence-corrected chi connectivity index (χ0v) is 12.6. The largest absolute Gasteiger partial charge is 0.494 e. The fourth-order valence-electron chi connectivity index (χ4n) is 2.67. The van der Waals surface area contributed by atoms with Gasteiger partial charge in [0.15, 0.2) is 0 Å². The summed E-state index contributed by atoms with van der Waals surface area (Å²) >= 11 is 1.63. The van der Waals surface area contributed by atoms with Gasteiger partial charge in [-0.3, -0.25) is 0 Å². The fraction of sp³-hybridized carbons (Fsp3) is 0.235. The number of ether oxygens (including phenoxy) is 1. The number of hydrogen-bond acceptors (Lipinski definition) is 3. The molecule has 3 nitrogen and oxygen atoms in total. The highest BCUT2D eigenvalue weighted by molar-refractivity contribution is 7.99. The van der Waals surface area contributed by atoms with Crippen LogP contribution in [0.2, 0.25) is 0 Å². The van der Waals surface area contributed by atoms with Gasteiger partial charge in [0.25, 0.3) is 0 Å². The second-order valence-electron chi connectivity index (χ2n) is 4.86. The van der Waals surface area contributed by atoms with Gasteiger partial charge < -0.3 is 9.84 Å². The summed E-state index contributed by atoms with van der Waals surface area (Å²) in [4.78, 5) is 13.6. The van der Waals surface area contributed by atoms with Crippen molar-refractivity contribution in [3.63, 3.8) is 0 Å². The van der Waals surface area contributed by atoms with E-state index in [1.54, 1.807) is 17.8 Å². The number of benzene rings is 2. The smallest absolute Gasteiger partial charge is 0.336 e. The molecule has 1 N–H and O–H groups in total. The van der Waals surface area contributed by atoms with Gasteiger partial charge in [-0.25, -0.2) is 4.79 Å². The number of carbonyl (C=O) groups is 1. The molecule has 0 unspecified atom stereocenters. The second kappa shape index (κ2) is 5.82. The summed E-state index contributed by atoms with van der Waals surface area (Å²) in [6.45, 7) is 2.61. The minimum Gasteiger partial charge on any atom is -0.494 e. The topological polar surface area (TPSA) is 46.5 Å². The first-order valence-corrected chi connectivity index (χ1v) is 7.80. The van der Waals surface area contributed by atoms with Crippen LogP contribution in [0.15, 0.2) is 46.2 Å². The number of fused-ring (bicyclic) bond motifs is 2. The minimum absolute atomic E-state index is 0.408. The normalized spacial score (nSPS) is 13.0. The van der Waals surface area contributed by atoms with Crippen molar-refractivity contribution in [1.29, 1.82) is 0 Å². The molecule has 3 rings (SSSR count). The molecule has 0 aliphatic carbocycles. The monoisotopic (exact) mass is 300 g/mol. The third-order valence-corrected chi connectivity index (χ3v) is 4.80. The van der Waals surface area contributed by atoms with Crippen molar-refractivity contribution in [2.45, 2.75) is 29.6 Å². The van der Waals surface area contributed by atoms with Gasteiger partial charge in [0.1, 0.15) is 5.75 Å². The van der Waals surface area contributed by atoms with Crippen molar-refractivity contribution >= 4 is 17.7 Å². The average molecular weight is 300 g/mol. The summed E-state index contributed by atoms with van der Waals surface area (Å²) in [7, 11) is 0. The van der Waals surface area contributed by atoms with Gasteiger partial charge in [-0.2, -0.15) is 0 Å². The molecule has 0 amide bonds. The van der Waals surface area contributed by atoms with Gasteiger partial charge in [0.05, 0.1) is 12.2 Å². The summed E-state index contributed by atoms with van der Waals surface area (Å²) in [6.07, 6.45) is 1.53. The van der Waals surface area contributed by atoms with Crippen molar-refractivity contribution in [3.8, 4) is 5.75 Å². The van der Waals surface area contributed by atoms with Crippen molar-refractivity contribution in [3.05, 3.63) is 53.1 Å². The van der Waals surface area contributed by atoms with Crippen LogP contribution < -0.4 is 4.74 Å². The van der Waals surface area contributed by atoms with Crippen molar-refractivity contribution < 1.29 is 14.6 Å². The molecule has 0 fully saturated rings. The molecular formula is C17H16O3S. The molecule has 0 aromatic heterocycles. The summed E-state index contributed by atoms with van der Waals surface area (Å²) in [5, 5.41) is 9.35. The van der Waals surface area contributed by atoms with Gasteiger partial charge in [-0.1, -0.05) is 23.9 Å². The Bertz CT molecular complexity index is 694. The molecule has 0 radical (unpaired) electrons. The van der Waals surface area contributed by atoms with Crippen molar-refractivity contribution in [1.82, 2.24) is 0 Å². The lowest BCUT2D eigenvalue weighted by atomic mass is 9.99. The molecule has 21 heavy (non-hydrogen) atoms. The molecule has 0 bridgehead atoms. The molecule has 0 spiro atoms. The van der Waals surface area contributed by atoms with Crippen molar-refractivity contribution in [2.75, 3.05) is 6.61 Å². The molecule has 1 aliphatic rings. The maximum Gasteiger partial charge on any atom is 0.336 e. The number of carboxylic acids is 1. The Morgan fingerprint density at radius 1 is 1.14 bits per heavy atom. The quantitative estimate of drug-likeness (QED) is 0.929. The Kier molecular flexibility index (Phi) is 3.88. The highest BCUT2D eigenvalue weighted by Gasteiger charge is 2.21. The molecule has 2 aromatic rings. The van der Waals surface area contributed by atoms with E-state index in [1.165, 1.54) is 5.56 Å². The van der Waals surface area contributed by atoms with E-state index in [9.17, 15) is 9.90 Å². The molecule has 0 saturated heterocycles. The van der Waals surface area contributed by atoms with Gasteiger partial charge >= 0.3 is 5.97 Å². The Morgan fingerprint density at radius 3 is 2.52 bits per heavy atom. The van der Waals surface area contributed by atoms with E-state index in [2.05, 4.69) is 6.07 Å². The second-order valence-corrected chi connectivity index (χ2v) is 5.94. The lowest BCUT2D eigenvalue weighted by Crippen LogP contribution is -2.04. The first-order valence-electron chi connectivity index (χ1n) is 6.98. The molecule has 108 valence electrons. The molecule has 1 heterocycles. The van der Waals surface area contributed by atoms with E-state index in [-0.39, 0.29) is 0 Å². The van der Waals surface area contributed by atoms with Crippen LogP contribution in [0, 0.1) is 0 Å². The van der Waals surface area contributed by atoms with Crippen LogP contribution in [-0.2, 0) is 12.8 Å². The number of hydrogen-bond donors (Lipinski definition) is 1. The van der Waals surface area contributed by atoms with Gasteiger partial charge in [-0.15, -0.1) is 0 Å². The van der Waals surface area contributed by atoms with Crippen LogP contribution >= 0.6 is 11.8 Å². The fourth-order valence-corrected chi connectivity index (χ4v) is 3.86. The van der Waals surface area contributed by atoms with E-state index >= 15 is 0 Å². The lowest BCUT2D eigenvalue weighted by Gasteiger charge is -2.11. The molecule has 1 aliphatic heterocycles. The van der Waals surface area contributed by atoms with Crippen LogP contribution in [0.3, 0.4) is 0 Å². The maximum atomic E-state index is 11.4. The summed E-state index contributed by atoms with van der Waals surface area (Å²) < 4.78 is 5.71. The Morgan fingerprint density at radius 2 is 1.81 bits per heavy atom. The van der Waals surface area contributed by atoms with Gasteiger partial charge in [0.2, 0.25) is 0 Å². The third-order valence-electron chi connectivity index (χ3n) is 3.60.